The maximum Gasteiger partial charge on any atom is 0.0512 e. The molecule has 1 aliphatic carbocycles. The van der Waals surface area contributed by atoms with E-state index in [1.807, 2.05) is 6.92 Å². The second-order valence-electron chi connectivity index (χ2n) is 5.17. The molecule has 1 N–H and O–H groups in total. The Labute approximate surface area is 87.3 Å². The minimum Gasteiger partial charge on any atom is -0.393 e. The first-order chi connectivity index (χ1) is 6.75. The molecule has 3 unspecified atom stereocenters. The number of hydrogen-bond acceptors (Lipinski definition) is 2. The molecule has 0 aromatic carbocycles. The Morgan fingerprint density at radius 3 is 2.79 bits per heavy atom. The zero-order chi connectivity index (χ0) is 9.97. The SMILES string of the molecule is CC(O)CCCCN1CC2CCC1C2. The van der Waals surface area contributed by atoms with Gasteiger partial charge in [-0.2, -0.15) is 0 Å². The van der Waals surface area contributed by atoms with Crippen molar-refractivity contribution < 1.29 is 5.11 Å². The van der Waals surface area contributed by atoms with Crippen molar-refractivity contribution in [1.82, 2.24) is 4.90 Å². The normalized spacial score (nSPS) is 33.9. The Bertz CT molecular complexity index is 181. The van der Waals surface area contributed by atoms with Crippen LogP contribution in [0.4, 0.5) is 0 Å². The number of aliphatic hydroxyl groups excluding tert-OH is 1. The predicted octanol–water partition coefficient (Wildman–Crippen LogP) is 2.02. The van der Waals surface area contributed by atoms with E-state index in [9.17, 15) is 0 Å². The third kappa shape index (κ3) is 2.48. The molecule has 1 saturated heterocycles. The van der Waals surface area contributed by atoms with Gasteiger partial charge in [-0.3, -0.25) is 0 Å². The fourth-order valence-electron chi connectivity index (χ4n) is 3.06. The van der Waals surface area contributed by atoms with Crippen LogP contribution in [0, 0.1) is 5.92 Å². The molecule has 3 atom stereocenters. The summed E-state index contributed by atoms with van der Waals surface area (Å²) in [4.78, 5) is 2.68. The van der Waals surface area contributed by atoms with Crippen LogP contribution in [0.2, 0.25) is 0 Å². The Balaban J connectivity index is 1.58. The van der Waals surface area contributed by atoms with Gasteiger partial charge in [-0.25, -0.2) is 0 Å². The summed E-state index contributed by atoms with van der Waals surface area (Å²) in [6, 6.07) is 0.923. The van der Waals surface area contributed by atoms with E-state index in [1.165, 1.54) is 45.2 Å². The summed E-state index contributed by atoms with van der Waals surface area (Å²) < 4.78 is 0. The summed E-state index contributed by atoms with van der Waals surface area (Å²) in [6.45, 7) is 4.52. The van der Waals surface area contributed by atoms with Crippen molar-refractivity contribution in [1.29, 1.82) is 0 Å². The molecule has 0 aromatic rings. The molecule has 2 nitrogen and oxygen atoms in total. The zero-order valence-electron chi connectivity index (χ0n) is 9.28. The minimum atomic E-state index is -0.106. The van der Waals surface area contributed by atoms with E-state index in [0.29, 0.717) is 0 Å². The Morgan fingerprint density at radius 2 is 2.21 bits per heavy atom. The Morgan fingerprint density at radius 1 is 1.36 bits per heavy atom. The lowest BCUT2D eigenvalue weighted by atomic mass is 10.1. The van der Waals surface area contributed by atoms with Gasteiger partial charge in [0.05, 0.1) is 6.10 Å². The third-order valence-corrected chi connectivity index (χ3v) is 3.84. The maximum absolute atomic E-state index is 9.14. The van der Waals surface area contributed by atoms with Gasteiger partial charge < -0.3 is 10.0 Å². The number of aliphatic hydroxyl groups is 1. The van der Waals surface area contributed by atoms with Crippen LogP contribution in [0.25, 0.3) is 0 Å². The summed E-state index contributed by atoms with van der Waals surface area (Å²) >= 11 is 0. The molecule has 0 radical (unpaired) electrons. The van der Waals surface area contributed by atoms with Crippen LogP contribution >= 0.6 is 0 Å². The fraction of sp³-hybridized carbons (Fsp3) is 1.00. The van der Waals surface area contributed by atoms with E-state index in [4.69, 9.17) is 5.11 Å². The van der Waals surface area contributed by atoms with E-state index in [0.717, 1.165) is 18.4 Å². The molecule has 0 spiro atoms. The molecule has 2 heteroatoms. The largest absolute Gasteiger partial charge is 0.393 e. The van der Waals surface area contributed by atoms with Gasteiger partial charge in [0, 0.05) is 12.6 Å². The monoisotopic (exact) mass is 197 g/mol. The van der Waals surface area contributed by atoms with Crippen LogP contribution in [0.15, 0.2) is 0 Å². The number of piperidine rings is 1. The zero-order valence-corrected chi connectivity index (χ0v) is 9.28. The molecule has 2 bridgehead atoms. The van der Waals surface area contributed by atoms with Crippen molar-refractivity contribution in [2.75, 3.05) is 13.1 Å². The lowest BCUT2D eigenvalue weighted by molar-refractivity contribution is 0.171. The lowest BCUT2D eigenvalue weighted by Crippen LogP contribution is -2.32. The number of rotatable bonds is 5. The number of fused-ring (bicyclic) bond motifs is 2. The van der Waals surface area contributed by atoms with Crippen LogP contribution in [0.1, 0.15) is 45.4 Å². The van der Waals surface area contributed by atoms with Crippen molar-refractivity contribution in [3.8, 4) is 0 Å². The van der Waals surface area contributed by atoms with Crippen molar-refractivity contribution >= 4 is 0 Å². The van der Waals surface area contributed by atoms with E-state index in [-0.39, 0.29) is 6.10 Å². The smallest absolute Gasteiger partial charge is 0.0512 e. The van der Waals surface area contributed by atoms with Crippen LogP contribution in [-0.4, -0.2) is 35.2 Å². The molecular weight excluding hydrogens is 174 g/mol. The molecule has 0 amide bonds. The van der Waals surface area contributed by atoms with Gasteiger partial charge in [-0.05, 0) is 57.9 Å². The second kappa shape index (κ2) is 4.63. The molecule has 14 heavy (non-hydrogen) atoms. The first-order valence-electron chi connectivity index (χ1n) is 6.18. The van der Waals surface area contributed by atoms with Crippen molar-refractivity contribution in [3.05, 3.63) is 0 Å². The number of unbranched alkanes of at least 4 members (excludes halogenated alkanes) is 1. The molecule has 2 fully saturated rings. The summed E-state index contributed by atoms with van der Waals surface area (Å²) in [5.74, 6) is 1.02. The second-order valence-corrected chi connectivity index (χ2v) is 5.17. The molecule has 0 aromatic heterocycles. The molecular formula is C12H23NO. The average Bonchev–Trinajstić information content (AvgIpc) is 2.73. The van der Waals surface area contributed by atoms with Gasteiger partial charge in [0.25, 0.3) is 0 Å². The summed E-state index contributed by atoms with van der Waals surface area (Å²) in [6.07, 6.45) is 7.72. The van der Waals surface area contributed by atoms with Crippen LogP contribution in [0.5, 0.6) is 0 Å². The van der Waals surface area contributed by atoms with E-state index >= 15 is 0 Å². The molecule has 1 heterocycles. The standard InChI is InChI=1S/C12H23NO/c1-10(14)4-2-3-7-13-9-11-5-6-12(13)8-11/h10-12,14H,2-9H2,1H3. The summed E-state index contributed by atoms with van der Waals surface area (Å²) in [7, 11) is 0. The summed E-state index contributed by atoms with van der Waals surface area (Å²) in [5.41, 5.74) is 0. The van der Waals surface area contributed by atoms with E-state index in [1.54, 1.807) is 0 Å². The lowest BCUT2D eigenvalue weighted by Gasteiger charge is -2.26. The first kappa shape index (κ1) is 10.4. The number of nitrogens with zero attached hydrogens (tertiary/aromatic N) is 1. The highest BCUT2D eigenvalue weighted by atomic mass is 16.3. The molecule has 1 aliphatic heterocycles. The van der Waals surface area contributed by atoms with Gasteiger partial charge in [-0.15, -0.1) is 0 Å². The Kier molecular flexibility index (Phi) is 3.45. The van der Waals surface area contributed by atoms with Gasteiger partial charge in [0.2, 0.25) is 0 Å². The van der Waals surface area contributed by atoms with E-state index < -0.39 is 0 Å². The van der Waals surface area contributed by atoms with Gasteiger partial charge in [-0.1, -0.05) is 0 Å². The highest BCUT2D eigenvalue weighted by Gasteiger charge is 2.36. The highest BCUT2D eigenvalue weighted by molar-refractivity contribution is 4.91. The molecule has 2 rings (SSSR count). The number of hydrogen-bond donors (Lipinski definition) is 1. The molecule has 82 valence electrons. The van der Waals surface area contributed by atoms with E-state index in [2.05, 4.69) is 4.90 Å². The molecule has 2 aliphatic rings. The quantitative estimate of drug-likeness (QED) is 0.682. The van der Waals surface area contributed by atoms with Crippen molar-refractivity contribution in [2.24, 2.45) is 5.92 Å². The van der Waals surface area contributed by atoms with Gasteiger partial charge in [0.15, 0.2) is 0 Å². The van der Waals surface area contributed by atoms with Crippen molar-refractivity contribution in [2.45, 2.75) is 57.6 Å². The fourth-order valence-corrected chi connectivity index (χ4v) is 3.06. The minimum absolute atomic E-state index is 0.106. The predicted molar refractivity (Wildman–Crippen MR) is 58.2 cm³/mol. The maximum atomic E-state index is 9.14. The average molecular weight is 197 g/mol. The summed E-state index contributed by atoms with van der Waals surface area (Å²) in [5, 5.41) is 9.14. The van der Waals surface area contributed by atoms with Crippen molar-refractivity contribution in [3.63, 3.8) is 0 Å². The number of likely N-dealkylation sites (tertiary alicyclic amines) is 1. The molecule has 1 saturated carbocycles. The van der Waals surface area contributed by atoms with Gasteiger partial charge >= 0.3 is 0 Å². The van der Waals surface area contributed by atoms with Crippen LogP contribution in [0.3, 0.4) is 0 Å². The first-order valence-corrected chi connectivity index (χ1v) is 6.18. The Hall–Kier alpha value is -0.0800. The third-order valence-electron chi connectivity index (χ3n) is 3.84. The topological polar surface area (TPSA) is 23.5 Å². The van der Waals surface area contributed by atoms with Gasteiger partial charge in [0.1, 0.15) is 0 Å². The van der Waals surface area contributed by atoms with Crippen LogP contribution < -0.4 is 0 Å². The van der Waals surface area contributed by atoms with Crippen LogP contribution in [-0.2, 0) is 0 Å². The highest BCUT2D eigenvalue weighted by Crippen LogP contribution is 2.37.